The number of hydrogen-bond donors (Lipinski definition) is 2. The molecule has 1 saturated heterocycles. The summed E-state index contributed by atoms with van der Waals surface area (Å²) in [7, 11) is -3.20. The summed E-state index contributed by atoms with van der Waals surface area (Å²) in [5, 5.41) is 5.38. The average Bonchev–Trinajstić information content (AvgIpc) is 2.73. The highest BCUT2D eigenvalue weighted by molar-refractivity contribution is 7.90. The quantitative estimate of drug-likeness (QED) is 0.637. The summed E-state index contributed by atoms with van der Waals surface area (Å²) >= 11 is 0. The normalized spacial score (nSPS) is 14.4. The van der Waals surface area contributed by atoms with Crippen molar-refractivity contribution in [3.63, 3.8) is 0 Å². The Morgan fingerprint density at radius 2 is 1.86 bits per heavy atom. The molecule has 0 unspecified atom stereocenters. The molecular formula is C20H26N4O4S. The molecule has 2 N–H and O–H groups in total. The fraction of sp³-hybridized carbons (Fsp3) is 0.400. The Kier molecular flexibility index (Phi) is 7.42. The number of nitrogens with zero attached hydrogens (tertiary/aromatic N) is 2. The lowest BCUT2D eigenvalue weighted by Gasteiger charge is -2.27. The maximum absolute atomic E-state index is 12.1. The van der Waals surface area contributed by atoms with Crippen molar-refractivity contribution >= 4 is 27.4 Å². The van der Waals surface area contributed by atoms with Gasteiger partial charge in [0.1, 0.15) is 5.82 Å². The number of nitrogens with one attached hydrogen (secondary N) is 2. The maximum atomic E-state index is 12.1. The fourth-order valence-corrected chi connectivity index (χ4v) is 4.44. The predicted octanol–water partition coefficient (Wildman–Crippen LogP) is 2.04. The van der Waals surface area contributed by atoms with Crippen LogP contribution in [0, 0.1) is 0 Å². The number of sulfone groups is 1. The van der Waals surface area contributed by atoms with E-state index in [1.807, 2.05) is 24.3 Å². The zero-order chi connectivity index (χ0) is 20.5. The van der Waals surface area contributed by atoms with E-state index in [1.165, 1.54) is 0 Å². The zero-order valence-corrected chi connectivity index (χ0v) is 17.0. The summed E-state index contributed by atoms with van der Waals surface area (Å²) in [4.78, 5) is 18.5. The van der Waals surface area contributed by atoms with Crippen LogP contribution in [0.4, 0.5) is 16.3 Å². The minimum atomic E-state index is -3.20. The number of amides is 2. The van der Waals surface area contributed by atoms with Gasteiger partial charge in [0.2, 0.25) is 0 Å². The van der Waals surface area contributed by atoms with Gasteiger partial charge in [-0.2, -0.15) is 0 Å². The van der Waals surface area contributed by atoms with Crippen molar-refractivity contribution in [2.75, 3.05) is 48.8 Å². The first kappa shape index (κ1) is 21.1. The monoisotopic (exact) mass is 418 g/mol. The van der Waals surface area contributed by atoms with Crippen LogP contribution in [-0.2, 0) is 20.3 Å². The molecule has 1 aromatic heterocycles. The number of pyridine rings is 1. The van der Waals surface area contributed by atoms with Gasteiger partial charge in [-0.1, -0.05) is 30.3 Å². The van der Waals surface area contributed by atoms with E-state index in [9.17, 15) is 13.2 Å². The van der Waals surface area contributed by atoms with E-state index in [2.05, 4.69) is 20.5 Å². The summed E-state index contributed by atoms with van der Waals surface area (Å²) < 4.78 is 29.6. The Morgan fingerprint density at radius 3 is 2.55 bits per heavy atom. The van der Waals surface area contributed by atoms with Crippen LogP contribution in [0.2, 0.25) is 0 Å². The second kappa shape index (κ2) is 10.2. The van der Waals surface area contributed by atoms with E-state index in [0.29, 0.717) is 25.3 Å². The molecule has 8 nitrogen and oxygen atoms in total. The van der Waals surface area contributed by atoms with Crippen LogP contribution in [0.15, 0.2) is 48.7 Å². The minimum absolute atomic E-state index is 0.0151. The molecule has 0 radical (unpaired) electrons. The maximum Gasteiger partial charge on any atom is 0.319 e. The lowest BCUT2D eigenvalue weighted by atomic mass is 10.2. The molecule has 2 amide bonds. The lowest BCUT2D eigenvalue weighted by molar-refractivity contribution is 0.122. The summed E-state index contributed by atoms with van der Waals surface area (Å²) in [5.74, 6) is 0.891. The Labute approximate surface area is 171 Å². The standard InChI is InChI=1S/C20H26N4O4S/c25-20(21-9-4-14-29(26,27)16-17-5-2-1-3-6-17)23-18-7-8-19(22-15-18)24-10-12-28-13-11-24/h1-3,5-8,15H,4,9-14,16H2,(H2,21,23,25). The van der Waals surface area contributed by atoms with Gasteiger partial charge in [0.05, 0.1) is 36.6 Å². The number of hydrogen-bond acceptors (Lipinski definition) is 6. The molecule has 1 aliphatic heterocycles. The molecule has 1 aliphatic rings. The third-order valence-electron chi connectivity index (χ3n) is 4.49. The van der Waals surface area contributed by atoms with Gasteiger partial charge in [-0.25, -0.2) is 18.2 Å². The van der Waals surface area contributed by atoms with Crippen LogP contribution in [-0.4, -0.2) is 58.0 Å². The molecule has 2 aromatic rings. The SMILES string of the molecule is O=C(NCCCS(=O)(=O)Cc1ccccc1)Nc1ccc(N2CCOCC2)nc1. The molecule has 1 aromatic carbocycles. The van der Waals surface area contributed by atoms with Crippen molar-refractivity contribution in [3.8, 4) is 0 Å². The number of carbonyl (C=O) groups excluding carboxylic acids is 1. The predicted molar refractivity (Wildman–Crippen MR) is 113 cm³/mol. The van der Waals surface area contributed by atoms with E-state index in [0.717, 1.165) is 24.5 Å². The largest absolute Gasteiger partial charge is 0.378 e. The summed E-state index contributed by atoms with van der Waals surface area (Å²) in [6, 6.07) is 12.3. The molecule has 0 spiro atoms. The molecular weight excluding hydrogens is 392 g/mol. The highest BCUT2D eigenvalue weighted by Crippen LogP contribution is 2.15. The Bertz CT molecular complexity index is 882. The molecule has 0 bridgehead atoms. The summed E-state index contributed by atoms with van der Waals surface area (Å²) in [5.41, 5.74) is 1.35. The van der Waals surface area contributed by atoms with E-state index in [1.54, 1.807) is 24.4 Å². The van der Waals surface area contributed by atoms with Crippen molar-refractivity contribution in [1.82, 2.24) is 10.3 Å². The molecule has 0 aliphatic carbocycles. The van der Waals surface area contributed by atoms with Gasteiger partial charge in [-0.05, 0) is 24.1 Å². The topological polar surface area (TPSA) is 101 Å². The van der Waals surface area contributed by atoms with E-state index in [4.69, 9.17) is 4.74 Å². The molecule has 2 heterocycles. The van der Waals surface area contributed by atoms with Gasteiger partial charge in [-0.15, -0.1) is 0 Å². The fourth-order valence-electron chi connectivity index (χ4n) is 3.01. The molecule has 29 heavy (non-hydrogen) atoms. The highest BCUT2D eigenvalue weighted by Gasteiger charge is 2.13. The van der Waals surface area contributed by atoms with Crippen LogP contribution in [0.5, 0.6) is 0 Å². The van der Waals surface area contributed by atoms with Gasteiger partial charge >= 0.3 is 6.03 Å². The molecule has 3 rings (SSSR count). The second-order valence-corrected chi connectivity index (χ2v) is 9.00. The third kappa shape index (κ3) is 7.03. The van der Waals surface area contributed by atoms with Crippen molar-refractivity contribution in [2.45, 2.75) is 12.2 Å². The second-order valence-electron chi connectivity index (χ2n) is 6.82. The van der Waals surface area contributed by atoms with Crippen LogP contribution in [0.3, 0.4) is 0 Å². The Morgan fingerprint density at radius 1 is 1.10 bits per heavy atom. The zero-order valence-electron chi connectivity index (χ0n) is 16.2. The third-order valence-corrected chi connectivity index (χ3v) is 6.17. The minimum Gasteiger partial charge on any atom is -0.378 e. The molecule has 1 fully saturated rings. The molecule has 9 heteroatoms. The van der Waals surface area contributed by atoms with E-state index in [-0.39, 0.29) is 24.1 Å². The highest BCUT2D eigenvalue weighted by atomic mass is 32.2. The first-order chi connectivity index (χ1) is 14.0. The van der Waals surface area contributed by atoms with Crippen molar-refractivity contribution in [1.29, 1.82) is 0 Å². The summed E-state index contributed by atoms with van der Waals surface area (Å²) in [6.45, 7) is 3.25. The van der Waals surface area contributed by atoms with Crippen LogP contribution >= 0.6 is 0 Å². The van der Waals surface area contributed by atoms with Crippen LogP contribution in [0.25, 0.3) is 0 Å². The molecule has 156 valence electrons. The van der Waals surface area contributed by atoms with Gasteiger partial charge < -0.3 is 20.3 Å². The van der Waals surface area contributed by atoms with Crippen LogP contribution in [0.1, 0.15) is 12.0 Å². The van der Waals surface area contributed by atoms with Gasteiger partial charge in [-0.3, -0.25) is 0 Å². The van der Waals surface area contributed by atoms with Gasteiger partial charge in [0.15, 0.2) is 9.84 Å². The number of aromatic nitrogens is 1. The first-order valence-corrected chi connectivity index (χ1v) is 11.4. The van der Waals surface area contributed by atoms with Crippen LogP contribution < -0.4 is 15.5 Å². The summed E-state index contributed by atoms with van der Waals surface area (Å²) in [6.07, 6.45) is 1.96. The number of benzene rings is 1. The smallest absolute Gasteiger partial charge is 0.319 e. The van der Waals surface area contributed by atoms with E-state index < -0.39 is 9.84 Å². The number of rotatable bonds is 8. The Balaban J connectivity index is 1.37. The number of carbonyl (C=O) groups is 1. The Hall–Kier alpha value is -2.65. The first-order valence-electron chi connectivity index (χ1n) is 9.60. The number of morpholine rings is 1. The van der Waals surface area contributed by atoms with Gasteiger partial charge in [0.25, 0.3) is 0 Å². The van der Waals surface area contributed by atoms with Crippen molar-refractivity contribution in [2.24, 2.45) is 0 Å². The van der Waals surface area contributed by atoms with Crippen molar-refractivity contribution < 1.29 is 17.9 Å². The number of urea groups is 1. The number of ether oxygens (including phenoxy) is 1. The molecule has 0 saturated carbocycles. The molecule has 0 atom stereocenters. The van der Waals surface area contributed by atoms with Crippen molar-refractivity contribution in [3.05, 3.63) is 54.2 Å². The van der Waals surface area contributed by atoms with Gasteiger partial charge in [0, 0.05) is 19.6 Å². The van der Waals surface area contributed by atoms with E-state index >= 15 is 0 Å². The lowest BCUT2D eigenvalue weighted by Crippen LogP contribution is -2.36. The number of anilines is 2. The average molecular weight is 419 g/mol.